The number of rotatable bonds is 9. The van der Waals surface area contributed by atoms with E-state index in [1.807, 2.05) is 30.3 Å². The van der Waals surface area contributed by atoms with Gasteiger partial charge in [0.25, 0.3) is 5.91 Å². The largest absolute Gasteiger partial charge is 0.493 e. The fraction of sp³-hybridized carbons (Fsp3) is 0.400. The van der Waals surface area contributed by atoms with Crippen LogP contribution < -0.4 is 14.8 Å². The molecule has 0 saturated carbocycles. The standard InChI is InChI=1S/C25H30N2O7/c1-3-32-25(30)27-13-11-20(12-14-27)26-23(28)17-34-24(29)19-9-10-21(22(15-19)31-2)33-16-18-7-5-4-6-8-18/h4-10,15,20H,3,11-14,16-17H2,1-2H3,(H,26,28). The molecule has 0 spiro atoms. The van der Waals surface area contributed by atoms with Crippen molar-refractivity contribution in [1.82, 2.24) is 10.2 Å². The number of benzene rings is 2. The second-order valence-electron chi connectivity index (χ2n) is 7.74. The lowest BCUT2D eigenvalue weighted by Crippen LogP contribution is -2.47. The van der Waals surface area contributed by atoms with Gasteiger partial charge >= 0.3 is 12.1 Å². The number of likely N-dealkylation sites (tertiary alicyclic amines) is 1. The number of carbonyl (C=O) groups excluding carboxylic acids is 3. The molecular formula is C25H30N2O7. The van der Waals surface area contributed by atoms with Gasteiger partial charge in [0.05, 0.1) is 19.3 Å². The summed E-state index contributed by atoms with van der Waals surface area (Å²) in [7, 11) is 1.49. The third kappa shape index (κ3) is 7.13. The third-order valence-electron chi connectivity index (χ3n) is 5.36. The van der Waals surface area contributed by atoms with Crippen LogP contribution in [0.2, 0.25) is 0 Å². The van der Waals surface area contributed by atoms with E-state index >= 15 is 0 Å². The Kier molecular flexibility index (Phi) is 9.13. The maximum atomic E-state index is 12.4. The number of nitrogens with zero attached hydrogens (tertiary/aromatic N) is 1. The SMILES string of the molecule is CCOC(=O)N1CCC(NC(=O)COC(=O)c2ccc(OCc3ccccc3)c(OC)c2)CC1. The van der Waals surface area contributed by atoms with E-state index in [2.05, 4.69) is 5.32 Å². The Labute approximate surface area is 198 Å². The number of amides is 2. The summed E-state index contributed by atoms with van der Waals surface area (Å²) in [5, 5.41) is 2.84. The van der Waals surface area contributed by atoms with E-state index in [0.717, 1.165) is 5.56 Å². The molecule has 0 aliphatic carbocycles. The van der Waals surface area contributed by atoms with E-state index in [-0.39, 0.29) is 17.7 Å². The summed E-state index contributed by atoms with van der Waals surface area (Å²) in [5.41, 5.74) is 1.25. The van der Waals surface area contributed by atoms with E-state index in [4.69, 9.17) is 18.9 Å². The topological polar surface area (TPSA) is 103 Å². The molecule has 182 valence electrons. The van der Waals surface area contributed by atoms with Crippen molar-refractivity contribution in [3.8, 4) is 11.5 Å². The highest BCUT2D eigenvalue weighted by molar-refractivity contribution is 5.92. The number of ether oxygens (including phenoxy) is 4. The first kappa shape index (κ1) is 24.9. The zero-order valence-corrected chi connectivity index (χ0v) is 19.5. The van der Waals surface area contributed by atoms with Crippen molar-refractivity contribution in [2.24, 2.45) is 0 Å². The molecule has 0 radical (unpaired) electrons. The summed E-state index contributed by atoms with van der Waals surface area (Å²) in [6.07, 6.45) is 0.883. The van der Waals surface area contributed by atoms with Gasteiger partial charge in [0.1, 0.15) is 6.61 Å². The van der Waals surface area contributed by atoms with Crippen molar-refractivity contribution < 1.29 is 33.3 Å². The molecular weight excluding hydrogens is 440 g/mol. The molecule has 1 aliphatic rings. The summed E-state index contributed by atoms with van der Waals surface area (Å²) in [5.74, 6) is -0.143. The van der Waals surface area contributed by atoms with Crippen molar-refractivity contribution in [3.05, 3.63) is 59.7 Å². The second-order valence-corrected chi connectivity index (χ2v) is 7.74. The first-order valence-electron chi connectivity index (χ1n) is 11.2. The summed E-state index contributed by atoms with van der Waals surface area (Å²) in [4.78, 5) is 38.0. The number of hydrogen-bond donors (Lipinski definition) is 1. The minimum atomic E-state index is -0.639. The maximum absolute atomic E-state index is 12.4. The number of piperidine rings is 1. The maximum Gasteiger partial charge on any atom is 0.409 e. The van der Waals surface area contributed by atoms with Gasteiger partial charge in [-0.1, -0.05) is 30.3 Å². The van der Waals surface area contributed by atoms with Crippen molar-refractivity contribution in [3.63, 3.8) is 0 Å². The Hall–Kier alpha value is -3.75. The van der Waals surface area contributed by atoms with Crippen LogP contribution in [0.1, 0.15) is 35.7 Å². The van der Waals surface area contributed by atoms with Crippen LogP contribution in [0.5, 0.6) is 11.5 Å². The van der Waals surface area contributed by atoms with Gasteiger partial charge in [-0.05, 0) is 43.5 Å². The van der Waals surface area contributed by atoms with Crippen molar-refractivity contribution in [1.29, 1.82) is 0 Å². The Morgan fingerprint density at radius 3 is 2.41 bits per heavy atom. The number of esters is 1. The van der Waals surface area contributed by atoms with E-state index < -0.39 is 18.5 Å². The van der Waals surface area contributed by atoms with E-state index in [0.29, 0.717) is 50.6 Å². The molecule has 0 bridgehead atoms. The fourth-order valence-electron chi connectivity index (χ4n) is 3.55. The van der Waals surface area contributed by atoms with Crippen LogP contribution >= 0.6 is 0 Å². The average Bonchev–Trinajstić information content (AvgIpc) is 2.87. The average molecular weight is 471 g/mol. The molecule has 0 unspecified atom stereocenters. The van der Waals surface area contributed by atoms with Crippen LogP contribution in [0, 0.1) is 0 Å². The molecule has 1 fully saturated rings. The first-order valence-corrected chi connectivity index (χ1v) is 11.2. The first-order chi connectivity index (χ1) is 16.5. The summed E-state index contributed by atoms with van der Waals surface area (Å²) >= 11 is 0. The Bertz CT molecular complexity index is 972. The van der Waals surface area contributed by atoms with Crippen LogP contribution in [-0.2, 0) is 20.9 Å². The van der Waals surface area contributed by atoms with Gasteiger partial charge in [-0.3, -0.25) is 4.79 Å². The lowest BCUT2D eigenvalue weighted by atomic mass is 10.1. The highest BCUT2D eigenvalue weighted by atomic mass is 16.6. The Balaban J connectivity index is 1.45. The van der Waals surface area contributed by atoms with Gasteiger partial charge in [-0.2, -0.15) is 0 Å². The van der Waals surface area contributed by atoms with E-state index in [1.165, 1.54) is 13.2 Å². The van der Waals surface area contributed by atoms with E-state index in [9.17, 15) is 14.4 Å². The lowest BCUT2D eigenvalue weighted by Gasteiger charge is -2.31. The molecule has 1 saturated heterocycles. The summed E-state index contributed by atoms with van der Waals surface area (Å²) in [6, 6.07) is 14.3. The fourth-order valence-corrected chi connectivity index (χ4v) is 3.55. The van der Waals surface area contributed by atoms with Gasteiger partial charge in [0.15, 0.2) is 18.1 Å². The highest BCUT2D eigenvalue weighted by Gasteiger charge is 2.25. The second kappa shape index (κ2) is 12.5. The molecule has 0 aromatic heterocycles. The predicted molar refractivity (Wildman–Crippen MR) is 124 cm³/mol. The minimum Gasteiger partial charge on any atom is -0.493 e. The number of carbonyl (C=O) groups is 3. The molecule has 3 rings (SSSR count). The zero-order chi connectivity index (χ0) is 24.3. The van der Waals surface area contributed by atoms with Crippen LogP contribution in [-0.4, -0.2) is 62.3 Å². The van der Waals surface area contributed by atoms with Crippen LogP contribution in [0.15, 0.2) is 48.5 Å². The Morgan fingerprint density at radius 2 is 1.74 bits per heavy atom. The number of nitrogens with one attached hydrogen (secondary N) is 1. The zero-order valence-electron chi connectivity index (χ0n) is 19.5. The highest BCUT2D eigenvalue weighted by Crippen LogP contribution is 2.29. The molecule has 9 nitrogen and oxygen atoms in total. The summed E-state index contributed by atoms with van der Waals surface area (Å²) in [6.45, 7) is 3.06. The third-order valence-corrected chi connectivity index (χ3v) is 5.36. The van der Waals surface area contributed by atoms with E-state index in [1.54, 1.807) is 24.0 Å². The molecule has 2 aromatic carbocycles. The molecule has 0 atom stereocenters. The number of methoxy groups -OCH3 is 1. The molecule has 1 heterocycles. The van der Waals surface area contributed by atoms with Gasteiger partial charge < -0.3 is 29.2 Å². The molecule has 1 aliphatic heterocycles. The van der Waals surface area contributed by atoms with Crippen LogP contribution in [0.25, 0.3) is 0 Å². The number of hydrogen-bond acceptors (Lipinski definition) is 7. The Morgan fingerprint density at radius 1 is 1.00 bits per heavy atom. The van der Waals surface area contributed by atoms with Crippen molar-refractivity contribution in [2.75, 3.05) is 33.4 Å². The minimum absolute atomic E-state index is 0.0852. The molecule has 2 aromatic rings. The van der Waals surface area contributed by atoms with Gasteiger partial charge in [-0.15, -0.1) is 0 Å². The van der Waals surface area contributed by atoms with Gasteiger partial charge in [-0.25, -0.2) is 9.59 Å². The summed E-state index contributed by atoms with van der Waals surface area (Å²) < 4.78 is 21.3. The lowest BCUT2D eigenvalue weighted by molar-refractivity contribution is -0.125. The van der Waals surface area contributed by atoms with Crippen LogP contribution in [0.3, 0.4) is 0 Å². The molecule has 9 heteroatoms. The normalized spacial score (nSPS) is 13.6. The molecule has 2 amide bonds. The van der Waals surface area contributed by atoms with Crippen LogP contribution in [0.4, 0.5) is 4.79 Å². The van der Waals surface area contributed by atoms with Gasteiger partial charge in [0, 0.05) is 19.1 Å². The van der Waals surface area contributed by atoms with Gasteiger partial charge in [0.2, 0.25) is 0 Å². The smallest absolute Gasteiger partial charge is 0.409 e. The van der Waals surface area contributed by atoms with Crippen molar-refractivity contribution in [2.45, 2.75) is 32.4 Å². The molecule has 34 heavy (non-hydrogen) atoms. The predicted octanol–water partition coefficient (Wildman–Crippen LogP) is 3.17. The van der Waals surface area contributed by atoms with Crippen molar-refractivity contribution >= 4 is 18.0 Å². The quantitative estimate of drug-likeness (QED) is 0.562. The monoisotopic (exact) mass is 470 g/mol. The molecule has 1 N–H and O–H groups in total.